The van der Waals surface area contributed by atoms with E-state index in [4.69, 9.17) is 11.6 Å². The molecule has 10 heteroatoms. The Bertz CT molecular complexity index is 778. The Morgan fingerprint density at radius 2 is 1.79 bits per heavy atom. The van der Waals surface area contributed by atoms with E-state index >= 15 is 0 Å². The average molecular weight is 400 g/mol. The summed E-state index contributed by atoms with van der Waals surface area (Å²) < 4.78 is 66.8. The third-order valence-corrected chi connectivity index (χ3v) is 6.44. The number of sulfonamides is 1. The normalized spacial score (nSPS) is 15.2. The first-order chi connectivity index (χ1) is 11.1. The lowest BCUT2D eigenvalue weighted by Crippen LogP contribution is -2.46. The summed E-state index contributed by atoms with van der Waals surface area (Å²) in [5.41, 5.74) is -0.143. The summed E-state index contributed by atoms with van der Waals surface area (Å²) in [6.45, 7) is -1.02. The number of hydrogen-bond donors (Lipinski definition) is 2. The second-order valence-corrected chi connectivity index (χ2v) is 8.55. The number of hydrogen-bond acceptors (Lipinski definition) is 4. The van der Waals surface area contributed by atoms with Crippen molar-refractivity contribution in [3.63, 3.8) is 0 Å². The summed E-state index contributed by atoms with van der Waals surface area (Å²) in [5, 5.41) is 9.39. The molecule has 1 heterocycles. The van der Waals surface area contributed by atoms with Crippen LogP contribution in [0.15, 0.2) is 46.7 Å². The molecule has 0 fully saturated rings. The molecule has 2 N–H and O–H groups in total. The van der Waals surface area contributed by atoms with Crippen molar-refractivity contribution in [1.82, 2.24) is 4.72 Å². The molecule has 0 aliphatic rings. The van der Waals surface area contributed by atoms with Gasteiger partial charge in [0.1, 0.15) is 4.21 Å². The van der Waals surface area contributed by atoms with Crippen LogP contribution in [0, 0.1) is 0 Å². The zero-order chi connectivity index (χ0) is 18.0. The van der Waals surface area contributed by atoms with E-state index in [1.54, 1.807) is 6.07 Å². The zero-order valence-electron chi connectivity index (χ0n) is 12.0. The number of benzene rings is 1. The maximum atomic E-state index is 13.5. The van der Waals surface area contributed by atoms with Crippen LogP contribution < -0.4 is 4.72 Å². The molecule has 0 aliphatic heterocycles. The molecule has 2 atom stereocenters. The van der Waals surface area contributed by atoms with Crippen LogP contribution in [0.5, 0.6) is 0 Å². The predicted molar refractivity (Wildman–Crippen MR) is 85.8 cm³/mol. The molecule has 0 saturated heterocycles. The Balaban J connectivity index is 2.37. The Hall–Kier alpha value is -1.13. The number of rotatable bonds is 6. The van der Waals surface area contributed by atoms with Gasteiger partial charge in [0.2, 0.25) is 10.0 Å². The third-order valence-electron chi connectivity index (χ3n) is 3.23. The Labute approximate surface area is 145 Å². The Morgan fingerprint density at radius 3 is 2.25 bits per heavy atom. The molecule has 132 valence electrons. The highest BCUT2D eigenvalue weighted by Crippen LogP contribution is 2.38. The molecule has 0 unspecified atom stereocenters. The highest BCUT2D eigenvalue weighted by molar-refractivity contribution is 7.91. The molecule has 0 spiro atoms. The van der Waals surface area contributed by atoms with Crippen molar-refractivity contribution >= 4 is 33.0 Å². The smallest absolute Gasteiger partial charge is 0.395 e. The highest BCUT2D eigenvalue weighted by atomic mass is 35.5. The average Bonchev–Trinajstić information content (AvgIpc) is 2.93. The number of alkyl halides is 3. The van der Waals surface area contributed by atoms with Crippen LogP contribution in [0.1, 0.15) is 11.5 Å². The molecule has 0 radical (unpaired) electrons. The van der Waals surface area contributed by atoms with Gasteiger partial charge in [0.05, 0.1) is 22.9 Å². The first kappa shape index (κ1) is 19.2. The van der Waals surface area contributed by atoms with E-state index in [-0.39, 0.29) is 14.1 Å². The fourth-order valence-electron chi connectivity index (χ4n) is 2.22. The van der Waals surface area contributed by atoms with Crippen molar-refractivity contribution in [2.45, 2.75) is 22.3 Å². The topological polar surface area (TPSA) is 66.4 Å². The minimum atomic E-state index is -4.75. The lowest BCUT2D eigenvalue weighted by Gasteiger charge is -2.28. The number of halogens is 4. The molecule has 2 aromatic rings. The molecule has 0 saturated carbocycles. The first-order valence-electron chi connectivity index (χ1n) is 6.65. The SMILES string of the molecule is O=S(=O)(N[C@H](CO)[C@@H](c1ccccc1)C(F)(F)F)c1ccc(Cl)s1. The molecule has 0 aliphatic carbocycles. The van der Waals surface area contributed by atoms with Crippen LogP contribution in [0.25, 0.3) is 0 Å². The van der Waals surface area contributed by atoms with Gasteiger partial charge in [-0.1, -0.05) is 41.9 Å². The van der Waals surface area contributed by atoms with Gasteiger partial charge in [0, 0.05) is 0 Å². The van der Waals surface area contributed by atoms with Crippen LogP contribution >= 0.6 is 22.9 Å². The van der Waals surface area contributed by atoms with Crippen molar-refractivity contribution in [2.75, 3.05) is 6.61 Å². The van der Waals surface area contributed by atoms with Crippen molar-refractivity contribution < 1.29 is 26.7 Å². The fraction of sp³-hybridized carbons (Fsp3) is 0.286. The summed E-state index contributed by atoms with van der Waals surface area (Å²) in [6.07, 6.45) is -4.75. The standard InChI is InChI=1S/C14H13ClF3NO3S2/c15-11-6-7-12(23-11)24(21,22)19-10(8-20)13(14(16,17)18)9-4-2-1-3-5-9/h1-7,10,13,19-20H,8H2/t10-,13-/m1/s1. The van der Waals surface area contributed by atoms with E-state index in [1.807, 2.05) is 4.72 Å². The molecule has 1 aromatic heterocycles. The number of aliphatic hydroxyl groups excluding tert-OH is 1. The quantitative estimate of drug-likeness (QED) is 0.782. The van der Waals surface area contributed by atoms with Crippen molar-refractivity contribution in [2.24, 2.45) is 0 Å². The van der Waals surface area contributed by atoms with Gasteiger partial charge in [-0.25, -0.2) is 13.1 Å². The number of aliphatic hydroxyl groups is 1. The molecule has 0 bridgehead atoms. The molecule has 2 rings (SSSR count). The molecular weight excluding hydrogens is 387 g/mol. The van der Waals surface area contributed by atoms with Gasteiger partial charge in [0.15, 0.2) is 0 Å². The summed E-state index contributed by atoms with van der Waals surface area (Å²) in [7, 11) is -4.24. The van der Waals surface area contributed by atoms with Gasteiger partial charge >= 0.3 is 6.18 Å². The van der Waals surface area contributed by atoms with Crippen LogP contribution in [0.2, 0.25) is 4.34 Å². The maximum Gasteiger partial charge on any atom is 0.397 e. The van der Waals surface area contributed by atoms with E-state index in [9.17, 15) is 26.7 Å². The summed E-state index contributed by atoms with van der Waals surface area (Å²) in [6, 6.07) is 7.59. The van der Waals surface area contributed by atoms with E-state index < -0.39 is 34.8 Å². The zero-order valence-corrected chi connectivity index (χ0v) is 14.4. The molecule has 1 aromatic carbocycles. The molecular formula is C14H13ClF3NO3S2. The van der Waals surface area contributed by atoms with Gasteiger partial charge in [0.25, 0.3) is 0 Å². The minimum Gasteiger partial charge on any atom is -0.395 e. The van der Waals surface area contributed by atoms with Crippen LogP contribution in [-0.4, -0.2) is 32.3 Å². The van der Waals surface area contributed by atoms with Gasteiger partial charge < -0.3 is 5.11 Å². The fourth-order valence-corrected chi connectivity index (χ4v) is 4.96. The van der Waals surface area contributed by atoms with Crippen molar-refractivity contribution in [1.29, 1.82) is 0 Å². The van der Waals surface area contributed by atoms with Crippen LogP contribution in [0.4, 0.5) is 13.2 Å². The molecule has 4 nitrogen and oxygen atoms in total. The third kappa shape index (κ3) is 4.48. The predicted octanol–water partition coefficient (Wildman–Crippen LogP) is 3.39. The van der Waals surface area contributed by atoms with E-state index in [2.05, 4.69) is 0 Å². The summed E-state index contributed by atoms with van der Waals surface area (Å²) >= 11 is 6.38. The van der Waals surface area contributed by atoms with Crippen molar-refractivity contribution in [3.8, 4) is 0 Å². The van der Waals surface area contributed by atoms with Gasteiger partial charge in [-0.3, -0.25) is 0 Å². The lowest BCUT2D eigenvalue weighted by atomic mass is 9.92. The van der Waals surface area contributed by atoms with E-state index in [0.717, 1.165) is 0 Å². The van der Waals surface area contributed by atoms with E-state index in [1.165, 1.54) is 36.4 Å². The van der Waals surface area contributed by atoms with Crippen LogP contribution in [-0.2, 0) is 10.0 Å². The second-order valence-electron chi connectivity index (χ2n) is 4.90. The highest BCUT2D eigenvalue weighted by Gasteiger charge is 2.46. The van der Waals surface area contributed by atoms with Gasteiger partial charge in [-0.05, 0) is 17.7 Å². The Morgan fingerprint density at radius 1 is 1.17 bits per heavy atom. The minimum absolute atomic E-state index is 0.143. The first-order valence-corrected chi connectivity index (χ1v) is 9.33. The number of thiophene rings is 1. The summed E-state index contributed by atoms with van der Waals surface area (Å²) in [4.78, 5) is 0. The second kappa shape index (κ2) is 7.40. The Kier molecular flexibility index (Phi) is 5.92. The van der Waals surface area contributed by atoms with Gasteiger partial charge in [-0.15, -0.1) is 11.3 Å². The largest absolute Gasteiger partial charge is 0.397 e. The van der Waals surface area contributed by atoms with Crippen LogP contribution in [0.3, 0.4) is 0 Å². The number of nitrogens with one attached hydrogen (secondary N) is 1. The summed E-state index contributed by atoms with van der Waals surface area (Å²) in [5.74, 6) is -2.19. The maximum absolute atomic E-state index is 13.5. The van der Waals surface area contributed by atoms with E-state index in [0.29, 0.717) is 11.3 Å². The van der Waals surface area contributed by atoms with Crippen molar-refractivity contribution in [3.05, 3.63) is 52.4 Å². The van der Waals surface area contributed by atoms with Gasteiger partial charge in [-0.2, -0.15) is 13.2 Å². The monoisotopic (exact) mass is 399 g/mol. The lowest BCUT2D eigenvalue weighted by molar-refractivity contribution is -0.158. The molecule has 24 heavy (non-hydrogen) atoms. The molecule has 0 amide bonds.